The Kier molecular flexibility index (Phi) is 4.46. The maximum absolute atomic E-state index is 5.39. The quantitative estimate of drug-likeness (QED) is 0.452. The van der Waals surface area contributed by atoms with E-state index in [0.717, 1.165) is 16.9 Å². The topological polar surface area (TPSA) is 9.23 Å². The van der Waals surface area contributed by atoms with Gasteiger partial charge in [-0.2, -0.15) is 0 Å². The third-order valence-corrected chi connectivity index (χ3v) is 3.88. The van der Waals surface area contributed by atoms with E-state index in [1.54, 1.807) is 7.11 Å². The van der Waals surface area contributed by atoms with E-state index in [2.05, 4.69) is 76.3 Å². The van der Waals surface area contributed by atoms with E-state index >= 15 is 0 Å². The summed E-state index contributed by atoms with van der Waals surface area (Å²) in [7, 11) is 1.69. The van der Waals surface area contributed by atoms with Crippen LogP contribution in [0.3, 0.4) is 0 Å². The van der Waals surface area contributed by atoms with Gasteiger partial charge in [0.25, 0.3) is 0 Å². The fourth-order valence-electron chi connectivity index (χ4n) is 2.57. The molecule has 3 rings (SSSR count). The predicted octanol–water partition coefficient (Wildman–Crippen LogP) is 5.26. The highest BCUT2D eigenvalue weighted by atomic mass is 79.9. The number of benzene rings is 3. The molecule has 22 heavy (non-hydrogen) atoms. The predicted molar refractivity (Wildman–Crippen MR) is 96.6 cm³/mol. The van der Waals surface area contributed by atoms with Crippen molar-refractivity contribution in [2.45, 2.75) is 0 Å². The van der Waals surface area contributed by atoms with Crippen LogP contribution < -0.4 is 4.74 Å². The van der Waals surface area contributed by atoms with Crippen molar-refractivity contribution in [2.75, 3.05) is 12.4 Å². The Balaban J connectivity index is 2.28. The van der Waals surface area contributed by atoms with Crippen molar-refractivity contribution in [3.8, 4) is 28.7 Å². The van der Waals surface area contributed by atoms with Crippen molar-refractivity contribution in [3.05, 3.63) is 66.2 Å². The van der Waals surface area contributed by atoms with E-state index < -0.39 is 0 Å². The summed E-state index contributed by atoms with van der Waals surface area (Å²) in [4.78, 5) is 0. The lowest BCUT2D eigenvalue weighted by Crippen LogP contribution is -1.90. The summed E-state index contributed by atoms with van der Waals surface area (Å²) in [5.74, 6) is 7.15. The van der Waals surface area contributed by atoms with Gasteiger partial charge in [0.1, 0.15) is 5.75 Å². The third kappa shape index (κ3) is 2.86. The number of alkyl halides is 1. The largest absolute Gasteiger partial charge is 0.497 e. The first-order chi connectivity index (χ1) is 10.8. The number of hydrogen-bond donors (Lipinski definition) is 0. The second-order valence-electron chi connectivity index (χ2n) is 4.87. The first-order valence-corrected chi connectivity index (χ1v) is 8.16. The third-order valence-electron chi connectivity index (χ3n) is 3.60. The molecule has 0 radical (unpaired) electrons. The van der Waals surface area contributed by atoms with Crippen LogP contribution in [0.15, 0.2) is 60.7 Å². The summed E-state index contributed by atoms with van der Waals surface area (Å²) in [6.07, 6.45) is 0. The molecule has 0 saturated heterocycles. The van der Waals surface area contributed by atoms with Gasteiger partial charge in [-0.3, -0.25) is 0 Å². The molecule has 3 aromatic carbocycles. The number of methoxy groups -OCH3 is 1. The number of ether oxygens (including phenoxy) is 1. The number of hydrogen-bond acceptors (Lipinski definition) is 1. The number of rotatable bonds is 2. The molecule has 0 atom stereocenters. The second kappa shape index (κ2) is 6.68. The molecule has 0 amide bonds. The summed E-state index contributed by atoms with van der Waals surface area (Å²) < 4.78 is 5.39. The lowest BCUT2D eigenvalue weighted by Gasteiger charge is -2.11. The zero-order chi connectivity index (χ0) is 15.4. The Bertz CT molecular complexity index is 866. The van der Waals surface area contributed by atoms with Crippen LogP contribution in [-0.4, -0.2) is 12.4 Å². The minimum atomic E-state index is 0.661. The first-order valence-electron chi connectivity index (χ1n) is 7.04. The van der Waals surface area contributed by atoms with E-state index in [-0.39, 0.29) is 0 Å². The zero-order valence-electron chi connectivity index (χ0n) is 12.3. The molecule has 0 bridgehead atoms. The van der Waals surface area contributed by atoms with E-state index in [1.165, 1.54) is 16.3 Å². The van der Waals surface area contributed by atoms with Crippen LogP contribution in [0.5, 0.6) is 5.75 Å². The molecule has 0 spiro atoms. The zero-order valence-corrected chi connectivity index (χ0v) is 13.9. The van der Waals surface area contributed by atoms with Crippen LogP contribution >= 0.6 is 15.9 Å². The van der Waals surface area contributed by atoms with Gasteiger partial charge < -0.3 is 4.74 Å². The molecular weight excluding hydrogens is 336 g/mol. The number of halogens is 1. The smallest absolute Gasteiger partial charge is 0.119 e. The summed E-state index contributed by atoms with van der Waals surface area (Å²) >= 11 is 3.36. The van der Waals surface area contributed by atoms with Crippen LogP contribution in [0.2, 0.25) is 0 Å². The standard InChI is InChI=1S/C20H15BrO/c1-22-17-12-11-16(8-5-13-21)20(14-17)19-10-4-7-15-6-2-3-9-18(15)19/h2-4,6-7,9-12,14H,13H2,1H3. The van der Waals surface area contributed by atoms with Crippen LogP contribution in [0.4, 0.5) is 0 Å². The van der Waals surface area contributed by atoms with E-state index in [9.17, 15) is 0 Å². The summed E-state index contributed by atoms with van der Waals surface area (Å²) in [6.45, 7) is 0. The van der Waals surface area contributed by atoms with Crippen LogP contribution in [0.25, 0.3) is 21.9 Å². The molecule has 3 aromatic rings. The summed E-state index contributed by atoms with van der Waals surface area (Å²) in [5.41, 5.74) is 3.29. The van der Waals surface area contributed by atoms with E-state index in [4.69, 9.17) is 4.74 Å². The van der Waals surface area contributed by atoms with Crippen molar-refractivity contribution in [2.24, 2.45) is 0 Å². The number of fused-ring (bicyclic) bond motifs is 1. The van der Waals surface area contributed by atoms with Gasteiger partial charge in [0.05, 0.1) is 12.4 Å². The van der Waals surface area contributed by atoms with Gasteiger partial charge in [-0.25, -0.2) is 0 Å². The minimum absolute atomic E-state index is 0.661. The SMILES string of the molecule is COc1ccc(C#CCBr)c(-c2cccc3ccccc23)c1. The van der Waals surface area contributed by atoms with Crippen LogP contribution in [-0.2, 0) is 0 Å². The normalized spacial score (nSPS) is 10.1. The molecule has 1 nitrogen and oxygen atoms in total. The molecule has 0 unspecified atom stereocenters. The molecule has 0 aliphatic heterocycles. The van der Waals surface area contributed by atoms with Crippen LogP contribution in [0, 0.1) is 11.8 Å². The van der Waals surface area contributed by atoms with E-state index in [0.29, 0.717) is 5.33 Å². The van der Waals surface area contributed by atoms with Gasteiger partial charge in [0.15, 0.2) is 0 Å². The Morgan fingerprint density at radius 3 is 2.59 bits per heavy atom. The summed E-state index contributed by atoms with van der Waals surface area (Å²) in [6, 6.07) is 20.8. The highest BCUT2D eigenvalue weighted by molar-refractivity contribution is 9.09. The lowest BCUT2D eigenvalue weighted by atomic mass is 9.94. The Morgan fingerprint density at radius 2 is 1.77 bits per heavy atom. The van der Waals surface area contributed by atoms with E-state index in [1.807, 2.05) is 12.1 Å². The molecule has 2 heteroatoms. The van der Waals surface area contributed by atoms with Gasteiger partial charge in [0, 0.05) is 11.1 Å². The molecule has 0 aliphatic rings. The summed E-state index contributed by atoms with van der Waals surface area (Å²) in [5, 5.41) is 3.11. The highest BCUT2D eigenvalue weighted by Gasteiger charge is 2.09. The Morgan fingerprint density at radius 1 is 0.955 bits per heavy atom. The monoisotopic (exact) mass is 350 g/mol. The maximum Gasteiger partial charge on any atom is 0.119 e. The van der Waals surface area contributed by atoms with Crippen molar-refractivity contribution in [3.63, 3.8) is 0 Å². The molecule has 0 aliphatic carbocycles. The van der Waals surface area contributed by atoms with Gasteiger partial charge in [-0.15, -0.1) is 0 Å². The minimum Gasteiger partial charge on any atom is -0.497 e. The molecule has 0 aromatic heterocycles. The fraction of sp³-hybridized carbons (Fsp3) is 0.100. The Labute approximate surface area is 139 Å². The van der Waals surface area contributed by atoms with Crippen molar-refractivity contribution in [1.29, 1.82) is 0 Å². The molecular formula is C20H15BrO. The van der Waals surface area contributed by atoms with Gasteiger partial charge in [-0.05, 0) is 34.5 Å². The van der Waals surface area contributed by atoms with Crippen LogP contribution in [0.1, 0.15) is 5.56 Å². The average molecular weight is 351 g/mol. The molecule has 0 heterocycles. The molecule has 0 saturated carbocycles. The van der Waals surface area contributed by atoms with Gasteiger partial charge >= 0.3 is 0 Å². The first kappa shape index (κ1) is 14.7. The molecule has 0 N–H and O–H groups in total. The highest BCUT2D eigenvalue weighted by Crippen LogP contribution is 2.33. The van der Waals surface area contributed by atoms with Gasteiger partial charge in [-0.1, -0.05) is 70.2 Å². The maximum atomic E-state index is 5.39. The van der Waals surface area contributed by atoms with Gasteiger partial charge in [0.2, 0.25) is 0 Å². The molecule has 108 valence electrons. The fourth-order valence-corrected chi connectivity index (χ4v) is 2.71. The molecule has 0 fully saturated rings. The lowest BCUT2D eigenvalue weighted by molar-refractivity contribution is 0.415. The average Bonchev–Trinajstić information content (AvgIpc) is 2.59. The Hall–Kier alpha value is -2.24. The van der Waals surface area contributed by atoms with Crippen molar-refractivity contribution in [1.82, 2.24) is 0 Å². The van der Waals surface area contributed by atoms with Crippen molar-refractivity contribution >= 4 is 26.7 Å². The second-order valence-corrected chi connectivity index (χ2v) is 5.43. The van der Waals surface area contributed by atoms with Crippen molar-refractivity contribution < 1.29 is 4.74 Å².